The first kappa shape index (κ1) is 15.1. The van der Waals surface area contributed by atoms with Crippen molar-refractivity contribution in [1.29, 1.82) is 0 Å². The molecule has 0 aromatic heterocycles. The van der Waals surface area contributed by atoms with E-state index >= 15 is 0 Å². The topological polar surface area (TPSA) is 34.1 Å². The Bertz CT molecular complexity index is 298. The molecule has 0 aromatic carbocycles. The second-order valence-electron chi connectivity index (χ2n) is 2.63. The predicted octanol–water partition coefficient (Wildman–Crippen LogP) is 2.40. The Kier molecular flexibility index (Phi) is 3.96. The summed E-state index contributed by atoms with van der Waals surface area (Å²) < 4.78 is 85.4. The van der Waals surface area contributed by atoms with Crippen molar-refractivity contribution in [3.63, 3.8) is 0 Å². The summed E-state index contributed by atoms with van der Waals surface area (Å²) in [6, 6.07) is 0. The fraction of sp³-hybridized carbons (Fsp3) is 0.667. The van der Waals surface area contributed by atoms with E-state index in [4.69, 9.17) is 0 Å². The highest BCUT2D eigenvalue weighted by Crippen LogP contribution is 2.46. The van der Waals surface area contributed by atoms with E-state index in [0.29, 0.717) is 0 Å². The number of alkyl halides is 7. The molecule has 1 atom stereocenters. The van der Waals surface area contributed by atoms with Crippen LogP contribution in [0.15, 0.2) is 0 Å². The summed E-state index contributed by atoms with van der Waals surface area (Å²) in [5, 5.41) is -2.98. The third kappa shape index (κ3) is 2.45. The van der Waals surface area contributed by atoms with Crippen molar-refractivity contribution in [3.05, 3.63) is 0 Å². The Hall–Kier alpha value is -0.860. The third-order valence-corrected chi connectivity index (χ3v) is 1.78. The van der Waals surface area contributed by atoms with E-state index in [-0.39, 0.29) is 0 Å². The molecule has 0 amide bonds. The van der Waals surface area contributed by atoms with Gasteiger partial charge in [0.25, 0.3) is 5.24 Å². The largest absolute Gasteiger partial charge is 0.404 e. The minimum absolute atomic E-state index is 1.41. The molecule has 16 heavy (non-hydrogen) atoms. The lowest BCUT2D eigenvalue weighted by Crippen LogP contribution is -2.55. The summed E-state index contributed by atoms with van der Waals surface area (Å²) in [4.78, 5) is 19.7. The highest BCUT2D eigenvalue weighted by Gasteiger charge is 2.71. The van der Waals surface area contributed by atoms with Crippen molar-refractivity contribution < 1.29 is 40.3 Å². The van der Waals surface area contributed by atoms with Crippen LogP contribution in [0.4, 0.5) is 30.7 Å². The lowest BCUT2D eigenvalue weighted by molar-refractivity contribution is -0.280. The van der Waals surface area contributed by atoms with Crippen molar-refractivity contribution in [1.82, 2.24) is 0 Å². The Labute approximate surface area is 88.3 Å². The normalized spacial score (nSPS) is 15.8. The SMILES string of the molecule is O=CC(C(F)(F)F)C(F)(F)C(F)(F)C(=O)Cl. The van der Waals surface area contributed by atoms with Gasteiger partial charge >= 0.3 is 18.0 Å². The van der Waals surface area contributed by atoms with Crippen LogP contribution in [0.25, 0.3) is 0 Å². The van der Waals surface area contributed by atoms with Crippen molar-refractivity contribution in [2.24, 2.45) is 5.92 Å². The molecule has 0 fully saturated rings. The van der Waals surface area contributed by atoms with E-state index < -0.39 is 35.5 Å². The van der Waals surface area contributed by atoms with Gasteiger partial charge in [-0.3, -0.25) is 4.79 Å². The van der Waals surface area contributed by atoms with Crippen LogP contribution in [-0.2, 0) is 9.59 Å². The molecule has 1 unspecified atom stereocenters. The monoisotopic (exact) mass is 274 g/mol. The maximum absolute atomic E-state index is 12.6. The van der Waals surface area contributed by atoms with Gasteiger partial charge in [-0.25, -0.2) is 0 Å². The minimum Gasteiger partial charge on any atom is -0.302 e. The summed E-state index contributed by atoms with van der Waals surface area (Å²) in [6.45, 7) is 0. The van der Waals surface area contributed by atoms with Crippen LogP contribution in [0, 0.1) is 5.92 Å². The number of aldehydes is 1. The van der Waals surface area contributed by atoms with Crippen LogP contribution in [-0.4, -0.2) is 29.5 Å². The van der Waals surface area contributed by atoms with E-state index in [1.54, 1.807) is 0 Å². The number of hydrogen-bond donors (Lipinski definition) is 0. The van der Waals surface area contributed by atoms with Crippen molar-refractivity contribution in [2.75, 3.05) is 0 Å². The molecule has 0 radical (unpaired) electrons. The molecule has 0 saturated heterocycles. The van der Waals surface area contributed by atoms with Gasteiger partial charge in [0, 0.05) is 0 Å². The smallest absolute Gasteiger partial charge is 0.302 e. The van der Waals surface area contributed by atoms with E-state index in [0.717, 1.165) is 0 Å². The zero-order valence-corrected chi connectivity index (χ0v) is 7.75. The van der Waals surface area contributed by atoms with E-state index in [1.165, 1.54) is 0 Å². The maximum atomic E-state index is 12.6. The highest BCUT2D eigenvalue weighted by molar-refractivity contribution is 6.65. The van der Waals surface area contributed by atoms with Crippen LogP contribution in [0.3, 0.4) is 0 Å². The summed E-state index contributed by atoms with van der Waals surface area (Å²) in [5.41, 5.74) is 0. The molecule has 0 spiro atoms. The maximum Gasteiger partial charge on any atom is 0.404 e. The van der Waals surface area contributed by atoms with E-state index in [1.807, 2.05) is 0 Å². The van der Waals surface area contributed by atoms with Gasteiger partial charge in [0.05, 0.1) is 0 Å². The molecular weight excluding hydrogens is 273 g/mol. The standard InChI is InChI=1S/C6H2ClF7O2/c7-3(16)5(10,11)4(8,9)2(1-15)6(12,13)14/h1-2H. The van der Waals surface area contributed by atoms with Gasteiger partial charge in [0.1, 0.15) is 6.29 Å². The Morgan fingerprint density at radius 1 is 1.06 bits per heavy atom. The van der Waals surface area contributed by atoms with Gasteiger partial charge < -0.3 is 4.79 Å². The Morgan fingerprint density at radius 2 is 1.44 bits per heavy atom. The fourth-order valence-corrected chi connectivity index (χ4v) is 0.820. The van der Waals surface area contributed by atoms with Gasteiger partial charge in [-0.15, -0.1) is 0 Å². The molecule has 0 rings (SSSR count). The second kappa shape index (κ2) is 4.19. The molecular formula is C6H2ClF7O2. The highest BCUT2D eigenvalue weighted by atomic mass is 35.5. The first-order valence-corrected chi connectivity index (χ1v) is 3.74. The van der Waals surface area contributed by atoms with E-state index in [2.05, 4.69) is 11.6 Å². The number of carbonyl (C=O) groups is 2. The predicted molar refractivity (Wildman–Crippen MR) is 36.4 cm³/mol. The molecule has 2 nitrogen and oxygen atoms in total. The van der Waals surface area contributed by atoms with Gasteiger partial charge in [0.2, 0.25) is 0 Å². The summed E-state index contributed by atoms with van der Waals surface area (Å²) in [7, 11) is 0. The Morgan fingerprint density at radius 3 is 1.62 bits per heavy atom. The molecule has 0 aliphatic carbocycles. The molecule has 0 aliphatic rings. The van der Waals surface area contributed by atoms with Crippen molar-refractivity contribution in [3.8, 4) is 0 Å². The van der Waals surface area contributed by atoms with Crippen LogP contribution in [0.5, 0.6) is 0 Å². The molecule has 0 heterocycles. The number of rotatable bonds is 4. The molecule has 0 N–H and O–H groups in total. The van der Waals surface area contributed by atoms with Crippen LogP contribution in [0.1, 0.15) is 0 Å². The number of carbonyl (C=O) groups excluding carboxylic acids is 2. The van der Waals surface area contributed by atoms with Gasteiger partial charge in [-0.2, -0.15) is 30.7 Å². The summed E-state index contributed by atoms with van der Waals surface area (Å²) >= 11 is 4.05. The van der Waals surface area contributed by atoms with Gasteiger partial charge in [-0.05, 0) is 11.6 Å². The third-order valence-electron chi connectivity index (χ3n) is 1.54. The quantitative estimate of drug-likeness (QED) is 0.448. The lowest BCUT2D eigenvalue weighted by atomic mass is 9.97. The molecule has 10 heteroatoms. The van der Waals surface area contributed by atoms with Crippen LogP contribution in [0.2, 0.25) is 0 Å². The van der Waals surface area contributed by atoms with Gasteiger partial charge in [0.15, 0.2) is 5.92 Å². The van der Waals surface area contributed by atoms with Crippen LogP contribution < -0.4 is 0 Å². The zero-order chi connectivity index (χ0) is 13.4. The molecule has 0 aromatic rings. The number of hydrogen-bond acceptors (Lipinski definition) is 2. The Balaban J connectivity index is 5.49. The van der Waals surface area contributed by atoms with Crippen LogP contribution >= 0.6 is 11.6 Å². The van der Waals surface area contributed by atoms with Crippen molar-refractivity contribution in [2.45, 2.75) is 18.0 Å². The average molecular weight is 275 g/mol. The average Bonchev–Trinajstić information content (AvgIpc) is 2.00. The van der Waals surface area contributed by atoms with E-state index in [9.17, 15) is 40.3 Å². The molecule has 0 bridgehead atoms. The minimum atomic E-state index is -5.94. The second-order valence-corrected chi connectivity index (χ2v) is 2.97. The zero-order valence-electron chi connectivity index (χ0n) is 6.99. The summed E-state index contributed by atoms with van der Waals surface area (Å²) in [6.07, 6.45) is -7.32. The molecule has 94 valence electrons. The first-order chi connectivity index (χ1) is 6.89. The molecule has 0 saturated carbocycles. The van der Waals surface area contributed by atoms with Gasteiger partial charge in [-0.1, -0.05) is 0 Å². The number of halogens is 8. The first-order valence-electron chi connectivity index (χ1n) is 3.36. The summed E-state index contributed by atoms with van der Waals surface area (Å²) in [5.74, 6) is -16.0. The molecule has 0 aliphatic heterocycles. The fourth-order valence-electron chi connectivity index (χ4n) is 0.694. The van der Waals surface area contributed by atoms with Crippen molar-refractivity contribution >= 4 is 23.1 Å². The lowest BCUT2D eigenvalue weighted by Gasteiger charge is -2.28.